The highest BCUT2D eigenvalue weighted by atomic mass is 16.7. The van der Waals surface area contributed by atoms with E-state index in [0.29, 0.717) is 17.0 Å². The number of non-ortho nitro benzene ring substituents is 1. The van der Waals surface area contributed by atoms with Gasteiger partial charge in [-0.1, -0.05) is 17.3 Å². The van der Waals surface area contributed by atoms with Gasteiger partial charge >= 0.3 is 0 Å². The van der Waals surface area contributed by atoms with Gasteiger partial charge in [0.05, 0.1) is 22.7 Å². The SMILES string of the molecule is Cc1cccc(N2C(=O)C[C@]3(CC(c4ccc([N+](=O)[O-])cc4)=NO3)C2=O)c1C. The first-order chi connectivity index (χ1) is 13.3. The number of nitrogens with zero attached hydrogens (tertiary/aromatic N) is 3. The molecule has 142 valence electrons. The van der Waals surface area contributed by atoms with Crippen molar-refractivity contribution < 1.29 is 19.3 Å². The molecule has 2 aromatic rings. The second-order valence-corrected chi connectivity index (χ2v) is 7.03. The van der Waals surface area contributed by atoms with Crippen LogP contribution in [0.25, 0.3) is 0 Å². The highest BCUT2D eigenvalue weighted by molar-refractivity contribution is 6.26. The Kier molecular flexibility index (Phi) is 3.99. The van der Waals surface area contributed by atoms with Crippen LogP contribution in [-0.2, 0) is 14.4 Å². The van der Waals surface area contributed by atoms with Crippen molar-refractivity contribution in [3.63, 3.8) is 0 Å². The second kappa shape index (κ2) is 6.26. The number of carbonyl (C=O) groups excluding carboxylic acids is 2. The predicted molar refractivity (Wildman–Crippen MR) is 101 cm³/mol. The number of imide groups is 1. The summed E-state index contributed by atoms with van der Waals surface area (Å²) in [6.45, 7) is 3.78. The van der Waals surface area contributed by atoms with E-state index in [4.69, 9.17) is 4.84 Å². The Morgan fingerprint density at radius 2 is 1.82 bits per heavy atom. The van der Waals surface area contributed by atoms with Crippen LogP contribution >= 0.6 is 0 Å². The maximum absolute atomic E-state index is 13.1. The number of oxime groups is 1. The summed E-state index contributed by atoms with van der Waals surface area (Å²) in [6.07, 6.45) is 0.0376. The molecule has 1 saturated heterocycles. The molecule has 2 aliphatic rings. The van der Waals surface area contributed by atoms with Crippen LogP contribution < -0.4 is 4.90 Å². The number of anilines is 1. The van der Waals surface area contributed by atoms with E-state index in [2.05, 4.69) is 5.16 Å². The lowest BCUT2D eigenvalue weighted by molar-refractivity contribution is -0.384. The number of nitro groups is 1. The minimum Gasteiger partial charge on any atom is -0.378 e. The molecule has 0 saturated carbocycles. The first-order valence-corrected chi connectivity index (χ1v) is 8.76. The second-order valence-electron chi connectivity index (χ2n) is 7.03. The summed E-state index contributed by atoms with van der Waals surface area (Å²) in [6, 6.07) is 11.3. The van der Waals surface area contributed by atoms with Crippen molar-refractivity contribution >= 4 is 28.9 Å². The van der Waals surface area contributed by atoms with E-state index < -0.39 is 16.4 Å². The van der Waals surface area contributed by atoms with Crippen molar-refractivity contribution in [2.75, 3.05) is 4.90 Å². The average molecular weight is 379 g/mol. The van der Waals surface area contributed by atoms with Gasteiger partial charge in [-0.2, -0.15) is 0 Å². The van der Waals surface area contributed by atoms with Crippen LogP contribution in [0, 0.1) is 24.0 Å². The molecule has 0 aromatic heterocycles. The molecule has 0 bridgehead atoms. The molecule has 8 heteroatoms. The van der Waals surface area contributed by atoms with Gasteiger partial charge in [0, 0.05) is 18.6 Å². The van der Waals surface area contributed by atoms with Gasteiger partial charge in [0.25, 0.3) is 11.6 Å². The number of rotatable bonds is 3. The van der Waals surface area contributed by atoms with Crippen LogP contribution in [0.3, 0.4) is 0 Å². The zero-order chi connectivity index (χ0) is 20.1. The number of hydrogen-bond donors (Lipinski definition) is 0. The fourth-order valence-electron chi connectivity index (χ4n) is 3.55. The van der Waals surface area contributed by atoms with Crippen LogP contribution in [-0.4, -0.2) is 28.1 Å². The molecule has 28 heavy (non-hydrogen) atoms. The van der Waals surface area contributed by atoms with Gasteiger partial charge in [-0.25, -0.2) is 4.90 Å². The lowest BCUT2D eigenvalue weighted by atomic mass is 9.92. The Balaban J connectivity index is 1.61. The highest BCUT2D eigenvalue weighted by Crippen LogP contribution is 2.40. The Morgan fingerprint density at radius 1 is 1.11 bits per heavy atom. The van der Waals surface area contributed by atoms with Crippen LogP contribution in [0.5, 0.6) is 0 Å². The topological polar surface area (TPSA) is 102 Å². The smallest absolute Gasteiger partial charge is 0.281 e. The van der Waals surface area contributed by atoms with Gasteiger partial charge in [-0.15, -0.1) is 0 Å². The molecule has 1 atom stereocenters. The summed E-state index contributed by atoms with van der Waals surface area (Å²) in [5.41, 5.74) is 2.10. The van der Waals surface area contributed by atoms with E-state index in [0.717, 1.165) is 11.1 Å². The van der Waals surface area contributed by atoms with E-state index in [1.807, 2.05) is 19.9 Å². The standard InChI is InChI=1S/C20H17N3O5/c1-12-4-3-5-17(13(12)2)22-18(24)11-20(19(22)25)10-16(21-28-20)14-6-8-15(9-7-14)23(26)27/h3-9H,10-11H2,1-2H3/t20-/m1/s1. The van der Waals surface area contributed by atoms with Gasteiger partial charge in [0.1, 0.15) is 0 Å². The van der Waals surface area contributed by atoms with Crippen LogP contribution in [0.2, 0.25) is 0 Å². The molecule has 8 nitrogen and oxygen atoms in total. The Bertz CT molecular complexity index is 1040. The number of aryl methyl sites for hydroxylation is 1. The molecule has 0 aliphatic carbocycles. The first-order valence-electron chi connectivity index (χ1n) is 8.76. The largest absolute Gasteiger partial charge is 0.378 e. The summed E-state index contributed by atoms with van der Waals surface area (Å²) in [5.74, 6) is -0.772. The van der Waals surface area contributed by atoms with Crippen molar-refractivity contribution in [2.24, 2.45) is 5.16 Å². The van der Waals surface area contributed by atoms with E-state index >= 15 is 0 Å². The summed E-state index contributed by atoms with van der Waals surface area (Å²) in [5, 5.41) is 14.8. The van der Waals surface area contributed by atoms with Crippen molar-refractivity contribution in [2.45, 2.75) is 32.3 Å². The Hall–Kier alpha value is -3.55. The maximum Gasteiger partial charge on any atom is 0.281 e. The summed E-state index contributed by atoms with van der Waals surface area (Å²) in [4.78, 5) is 42.8. The normalized spacial score (nSPS) is 21.2. The lowest BCUT2D eigenvalue weighted by Crippen LogP contribution is -2.41. The van der Waals surface area contributed by atoms with Crippen molar-refractivity contribution in [3.05, 3.63) is 69.3 Å². The molecule has 0 N–H and O–H groups in total. The minimum absolute atomic E-state index is 0.0359. The molecule has 4 rings (SSSR count). The third kappa shape index (κ3) is 2.65. The van der Waals surface area contributed by atoms with Crippen molar-refractivity contribution in [1.29, 1.82) is 0 Å². The summed E-state index contributed by atoms with van der Waals surface area (Å²) >= 11 is 0. The zero-order valence-electron chi connectivity index (χ0n) is 15.3. The fraction of sp³-hybridized carbons (Fsp3) is 0.250. The molecule has 2 heterocycles. The highest BCUT2D eigenvalue weighted by Gasteiger charge is 2.58. The molecule has 2 amide bonds. The van der Waals surface area contributed by atoms with Crippen molar-refractivity contribution in [1.82, 2.24) is 0 Å². The monoisotopic (exact) mass is 379 g/mol. The van der Waals surface area contributed by atoms with Crippen molar-refractivity contribution in [3.8, 4) is 0 Å². The van der Waals surface area contributed by atoms with Gasteiger partial charge in [0.2, 0.25) is 11.5 Å². The molecule has 1 spiro atoms. The quantitative estimate of drug-likeness (QED) is 0.463. The van der Waals surface area contributed by atoms with Gasteiger partial charge in [0.15, 0.2) is 0 Å². The van der Waals surface area contributed by atoms with Crippen LogP contribution in [0.1, 0.15) is 29.5 Å². The molecular formula is C20H17N3O5. The number of amides is 2. The fourth-order valence-corrected chi connectivity index (χ4v) is 3.55. The molecule has 0 unspecified atom stereocenters. The van der Waals surface area contributed by atoms with E-state index in [-0.39, 0.29) is 24.4 Å². The van der Waals surface area contributed by atoms with E-state index in [1.54, 1.807) is 24.3 Å². The third-order valence-corrected chi connectivity index (χ3v) is 5.29. The van der Waals surface area contributed by atoms with Gasteiger partial charge in [-0.3, -0.25) is 19.7 Å². The molecule has 1 fully saturated rings. The first kappa shape index (κ1) is 17.8. The number of nitro benzene ring substituents is 1. The Labute approximate surface area is 160 Å². The maximum atomic E-state index is 13.1. The lowest BCUT2D eigenvalue weighted by Gasteiger charge is -2.21. The summed E-state index contributed by atoms with van der Waals surface area (Å²) in [7, 11) is 0. The third-order valence-electron chi connectivity index (χ3n) is 5.29. The summed E-state index contributed by atoms with van der Waals surface area (Å²) < 4.78 is 0. The number of benzene rings is 2. The molecule has 2 aromatic carbocycles. The minimum atomic E-state index is -1.36. The van der Waals surface area contributed by atoms with Crippen LogP contribution in [0.4, 0.5) is 11.4 Å². The average Bonchev–Trinajstić information content (AvgIpc) is 3.20. The van der Waals surface area contributed by atoms with Crippen LogP contribution in [0.15, 0.2) is 47.6 Å². The predicted octanol–water partition coefficient (Wildman–Crippen LogP) is 3.04. The number of carbonyl (C=O) groups is 2. The molecule has 0 radical (unpaired) electrons. The Morgan fingerprint density at radius 3 is 2.50 bits per heavy atom. The van der Waals surface area contributed by atoms with Gasteiger partial charge in [-0.05, 0) is 48.7 Å². The number of hydrogen-bond acceptors (Lipinski definition) is 6. The molecule has 2 aliphatic heterocycles. The van der Waals surface area contributed by atoms with Gasteiger partial charge < -0.3 is 4.84 Å². The van der Waals surface area contributed by atoms with E-state index in [1.165, 1.54) is 17.0 Å². The molecular weight excluding hydrogens is 362 g/mol. The van der Waals surface area contributed by atoms with E-state index in [9.17, 15) is 19.7 Å². The zero-order valence-corrected chi connectivity index (χ0v) is 15.3.